The van der Waals surface area contributed by atoms with E-state index in [2.05, 4.69) is 40.3 Å². The second kappa shape index (κ2) is 11.2. The Kier molecular flexibility index (Phi) is 9.35. The average molecular weight is 488 g/mol. The smallest absolute Gasteiger partial charge is 0.193 e. The lowest BCUT2D eigenvalue weighted by Crippen LogP contribution is -2.44. The van der Waals surface area contributed by atoms with Crippen molar-refractivity contribution in [2.45, 2.75) is 52.0 Å². The molecule has 2 fully saturated rings. The molecule has 0 aromatic carbocycles. The van der Waals surface area contributed by atoms with Crippen molar-refractivity contribution in [3.8, 4) is 0 Å². The van der Waals surface area contributed by atoms with Gasteiger partial charge in [-0.05, 0) is 57.2 Å². The molecule has 3 rings (SSSR count). The van der Waals surface area contributed by atoms with Crippen molar-refractivity contribution in [1.29, 1.82) is 0 Å². The lowest BCUT2D eigenvalue weighted by atomic mass is 10.0. The molecule has 6 nitrogen and oxygen atoms in total. The highest BCUT2D eigenvalue weighted by atomic mass is 127. The predicted molar refractivity (Wildman–Crippen MR) is 123 cm³/mol. The molecule has 2 unspecified atom stereocenters. The molecule has 1 aromatic rings. The normalized spacial score (nSPS) is 24.1. The summed E-state index contributed by atoms with van der Waals surface area (Å²) in [7, 11) is 1.99. The van der Waals surface area contributed by atoms with Gasteiger partial charge in [-0.1, -0.05) is 13.3 Å². The van der Waals surface area contributed by atoms with E-state index in [0.717, 1.165) is 45.1 Å². The third kappa shape index (κ3) is 6.34. The Labute approximate surface area is 181 Å². The molecule has 2 saturated heterocycles. The SMILES string of the molecule is CCNC(=NCC1CCCCN1CC)N1CCC(Cc2cnn(C)c2)C1.I. The lowest BCUT2D eigenvalue weighted by Gasteiger charge is -2.34. The number of likely N-dealkylation sites (N-methyl/N-ethyl adjacent to an activating group) is 1. The summed E-state index contributed by atoms with van der Waals surface area (Å²) in [5, 5.41) is 7.83. The summed E-state index contributed by atoms with van der Waals surface area (Å²) in [6.45, 7) is 10.9. The standard InChI is InChI=1S/C20H36N6.HI/c1-4-21-20(22-14-19-8-6-7-10-25(19)5-2)26-11-9-17(16-26)12-18-13-23-24(3)15-18;/h13,15,17,19H,4-12,14,16H2,1-3H3,(H,21,22);1H. The molecule has 0 bridgehead atoms. The van der Waals surface area contributed by atoms with Gasteiger partial charge in [0.25, 0.3) is 0 Å². The molecule has 0 amide bonds. The number of halogens is 1. The summed E-state index contributed by atoms with van der Waals surface area (Å²) in [6.07, 6.45) is 10.5. The number of guanidine groups is 1. The summed E-state index contributed by atoms with van der Waals surface area (Å²) in [5.41, 5.74) is 1.35. The van der Waals surface area contributed by atoms with Gasteiger partial charge in [-0.3, -0.25) is 14.6 Å². The molecule has 7 heteroatoms. The zero-order valence-corrected chi connectivity index (χ0v) is 19.6. The number of piperidine rings is 1. The maximum Gasteiger partial charge on any atom is 0.193 e. The number of aryl methyl sites for hydroxylation is 1. The summed E-state index contributed by atoms with van der Waals surface area (Å²) < 4.78 is 1.90. The third-order valence-electron chi connectivity index (χ3n) is 5.81. The fourth-order valence-corrected chi connectivity index (χ4v) is 4.40. The van der Waals surface area contributed by atoms with Crippen molar-refractivity contribution < 1.29 is 0 Å². The second-order valence-corrected chi connectivity index (χ2v) is 7.80. The summed E-state index contributed by atoms with van der Waals surface area (Å²) in [5.74, 6) is 1.81. The van der Waals surface area contributed by atoms with Crippen LogP contribution in [-0.4, -0.2) is 70.9 Å². The quantitative estimate of drug-likeness (QED) is 0.380. The number of hydrogen-bond acceptors (Lipinski definition) is 3. The fraction of sp³-hybridized carbons (Fsp3) is 0.800. The molecule has 1 aromatic heterocycles. The van der Waals surface area contributed by atoms with Gasteiger partial charge in [0.15, 0.2) is 5.96 Å². The molecule has 1 N–H and O–H groups in total. The third-order valence-corrected chi connectivity index (χ3v) is 5.81. The van der Waals surface area contributed by atoms with Crippen LogP contribution in [-0.2, 0) is 13.5 Å². The highest BCUT2D eigenvalue weighted by Crippen LogP contribution is 2.21. The van der Waals surface area contributed by atoms with E-state index in [4.69, 9.17) is 4.99 Å². The van der Waals surface area contributed by atoms with Crippen molar-refractivity contribution in [3.05, 3.63) is 18.0 Å². The molecular formula is C20H37IN6. The second-order valence-electron chi connectivity index (χ2n) is 7.80. The van der Waals surface area contributed by atoms with E-state index < -0.39 is 0 Å². The number of rotatable bonds is 6. The van der Waals surface area contributed by atoms with Gasteiger partial charge in [-0.15, -0.1) is 24.0 Å². The Balaban J connectivity index is 0.00000261. The van der Waals surface area contributed by atoms with Gasteiger partial charge >= 0.3 is 0 Å². The number of nitrogens with zero attached hydrogens (tertiary/aromatic N) is 5. The first-order valence-corrected chi connectivity index (χ1v) is 10.4. The molecule has 0 saturated carbocycles. The summed E-state index contributed by atoms with van der Waals surface area (Å²) in [4.78, 5) is 10.1. The maximum absolute atomic E-state index is 5.04. The van der Waals surface area contributed by atoms with Gasteiger partial charge in [0.05, 0.1) is 12.7 Å². The van der Waals surface area contributed by atoms with Gasteiger partial charge < -0.3 is 10.2 Å². The van der Waals surface area contributed by atoms with E-state index in [1.807, 2.05) is 17.9 Å². The van der Waals surface area contributed by atoms with Gasteiger partial charge in [0, 0.05) is 38.9 Å². The summed E-state index contributed by atoms with van der Waals surface area (Å²) in [6, 6.07) is 0.621. The Hall–Kier alpha value is -0.830. The summed E-state index contributed by atoms with van der Waals surface area (Å²) >= 11 is 0. The Bertz CT molecular complexity index is 587. The van der Waals surface area contributed by atoms with Crippen LogP contribution in [0.15, 0.2) is 17.4 Å². The first-order chi connectivity index (χ1) is 12.7. The molecule has 0 spiro atoms. The van der Waals surface area contributed by atoms with Gasteiger partial charge in [-0.2, -0.15) is 5.10 Å². The Morgan fingerprint density at radius 2 is 2.11 bits per heavy atom. The molecular weight excluding hydrogens is 451 g/mol. The maximum atomic E-state index is 5.04. The molecule has 0 aliphatic carbocycles. The number of hydrogen-bond donors (Lipinski definition) is 1. The lowest BCUT2D eigenvalue weighted by molar-refractivity contribution is 0.161. The fourth-order valence-electron chi connectivity index (χ4n) is 4.40. The van der Waals surface area contributed by atoms with Crippen molar-refractivity contribution in [1.82, 2.24) is 24.9 Å². The van der Waals surface area contributed by atoms with Crippen LogP contribution in [0.1, 0.15) is 45.1 Å². The van der Waals surface area contributed by atoms with Crippen molar-refractivity contribution >= 4 is 29.9 Å². The van der Waals surface area contributed by atoms with Crippen molar-refractivity contribution in [2.24, 2.45) is 18.0 Å². The van der Waals surface area contributed by atoms with E-state index in [9.17, 15) is 0 Å². The molecule has 3 heterocycles. The van der Waals surface area contributed by atoms with Gasteiger partial charge in [-0.25, -0.2) is 0 Å². The highest BCUT2D eigenvalue weighted by molar-refractivity contribution is 14.0. The van der Waals surface area contributed by atoms with Gasteiger partial charge in [0.1, 0.15) is 0 Å². The Morgan fingerprint density at radius 3 is 2.81 bits per heavy atom. The molecule has 2 atom stereocenters. The first-order valence-electron chi connectivity index (χ1n) is 10.4. The monoisotopic (exact) mass is 488 g/mol. The van der Waals surface area contributed by atoms with Crippen LogP contribution in [0, 0.1) is 5.92 Å². The number of nitrogens with one attached hydrogen (secondary N) is 1. The zero-order chi connectivity index (χ0) is 18.4. The van der Waals surface area contributed by atoms with Crippen LogP contribution in [0.5, 0.6) is 0 Å². The van der Waals surface area contributed by atoms with Crippen molar-refractivity contribution in [3.63, 3.8) is 0 Å². The predicted octanol–water partition coefficient (Wildman–Crippen LogP) is 2.74. The Morgan fingerprint density at radius 1 is 1.26 bits per heavy atom. The number of aliphatic imine (C=N–C) groups is 1. The number of aromatic nitrogens is 2. The van der Waals surface area contributed by atoms with Crippen LogP contribution in [0.25, 0.3) is 0 Å². The zero-order valence-electron chi connectivity index (χ0n) is 17.2. The molecule has 154 valence electrons. The van der Waals surface area contributed by atoms with Crippen LogP contribution in [0.4, 0.5) is 0 Å². The van der Waals surface area contributed by atoms with E-state index in [0.29, 0.717) is 12.0 Å². The molecule has 2 aliphatic rings. The minimum absolute atomic E-state index is 0. The minimum atomic E-state index is 0. The van der Waals surface area contributed by atoms with Gasteiger partial charge in [0.2, 0.25) is 0 Å². The minimum Gasteiger partial charge on any atom is -0.357 e. The van der Waals surface area contributed by atoms with Crippen molar-refractivity contribution in [2.75, 3.05) is 39.3 Å². The van der Waals surface area contributed by atoms with Crippen LogP contribution in [0.2, 0.25) is 0 Å². The van der Waals surface area contributed by atoms with Crippen LogP contribution >= 0.6 is 24.0 Å². The topological polar surface area (TPSA) is 48.7 Å². The molecule has 0 radical (unpaired) electrons. The molecule has 2 aliphatic heterocycles. The van der Waals surface area contributed by atoms with E-state index >= 15 is 0 Å². The highest BCUT2D eigenvalue weighted by Gasteiger charge is 2.26. The van der Waals surface area contributed by atoms with E-state index in [-0.39, 0.29) is 24.0 Å². The average Bonchev–Trinajstić information content (AvgIpc) is 3.28. The molecule has 27 heavy (non-hydrogen) atoms. The largest absolute Gasteiger partial charge is 0.357 e. The van der Waals surface area contributed by atoms with Crippen LogP contribution in [0.3, 0.4) is 0 Å². The van der Waals surface area contributed by atoms with E-state index in [1.165, 1.54) is 37.8 Å². The van der Waals surface area contributed by atoms with E-state index in [1.54, 1.807) is 0 Å². The van der Waals surface area contributed by atoms with Crippen LogP contribution < -0.4 is 5.32 Å². The number of likely N-dealkylation sites (tertiary alicyclic amines) is 2. The first kappa shape index (κ1) is 22.5.